The van der Waals surface area contributed by atoms with Crippen molar-refractivity contribution < 1.29 is 4.74 Å². The van der Waals surface area contributed by atoms with Gasteiger partial charge in [-0.2, -0.15) is 0 Å². The largest absolute Gasteiger partial charge is 0.490 e. The quantitative estimate of drug-likeness (QED) is 0.759. The summed E-state index contributed by atoms with van der Waals surface area (Å²) in [6, 6.07) is 4.17. The van der Waals surface area contributed by atoms with Crippen molar-refractivity contribution >= 4 is 5.82 Å². The van der Waals surface area contributed by atoms with E-state index in [1.165, 1.54) is 12.8 Å². The Morgan fingerprint density at radius 3 is 3.06 bits per heavy atom. The third-order valence-electron chi connectivity index (χ3n) is 3.00. The van der Waals surface area contributed by atoms with Crippen LogP contribution in [0.1, 0.15) is 26.2 Å². The van der Waals surface area contributed by atoms with E-state index in [0.29, 0.717) is 18.5 Å². The first kappa shape index (κ1) is 12.2. The fourth-order valence-electron chi connectivity index (χ4n) is 1.87. The highest BCUT2D eigenvalue weighted by Gasteiger charge is 2.30. The Labute approximate surface area is 103 Å². The molecule has 94 valence electrons. The molecule has 0 amide bonds. The summed E-state index contributed by atoms with van der Waals surface area (Å²) >= 11 is 0. The molecule has 1 atom stereocenters. The minimum atomic E-state index is 0.328. The highest BCUT2D eigenvalue weighted by molar-refractivity contribution is 5.50. The topological polar surface area (TPSA) is 60.2 Å². The lowest BCUT2D eigenvalue weighted by atomic mass is 10.2. The molecular formula is C13H21N3O. The molecule has 0 bridgehead atoms. The zero-order valence-corrected chi connectivity index (χ0v) is 10.4. The van der Waals surface area contributed by atoms with Gasteiger partial charge in [-0.05, 0) is 37.3 Å². The molecule has 1 unspecified atom stereocenters. The fourth-order valence-corrected chi connectivity index (χ4v) is 1.87. The second kappa shape index (κ2) is 5.87. The maximum Gasteiger partial charge on any atom is 0.169 e. The number of hydrogen-bond donors (Lipinski definition) is 2. The van der Waals surface area contributed by atoms with Crippen LogP contribution in [0.4, 0.5) is 5.82 Å². The summed E-state index contributed by atoms with van der Waals surface area (Å²) in [5, 5.41) is 3.41. The van der Waals surface area contributed by atoms with Gasteiger partial charge in [0.1, 0.15) is 0 Å². The van der Waals surface area contributed by atoms with E-state index >= 15 is 0 Å². The minimum Gasteiger partial charge on any atom is -0.490 e. The average Bonchev–Trinajstić information content (AvgIpc) is 3.19. The average molecular weight is 235 g/mol. The van der Waals surface area contributed by atoms with E-state index in [9.17, 15) is 0 Å². The van der Waals surface area contributed by atoms with Crippen molar-refractivity contribution in [1.82, 2.24) is 4.98 Å². The first-order valence-corrected chi connectivity index (χ1v) is 6.39. The van der Waals surface area contributed by atoms with Gasteiger partial charge in [-0.3, -0.25) is 0 Å². The Morgan fingerprint density at radius 2 is 2.41 bits per heavy atom. The van der Waals surface area contributed by atoms with Crippen molar-refractivity contribution in [2.45, 2.75) is 32.2 Å². The van der Waals surface area contributed by atoms with Crippen molar-refractivity contribution in [3.05, 3.63) is 18.3 Å². The predicted octanol–water partition coefficient (Wildman–Crippen LogP) is 2.02. The summed E-state index contributed by atoms with van der Waals surface area (Å²) in [5.41, 5.74) is 5.78. The fraction of sp³-hybridized carbons (Fsp3) is 0.615. The summed E-state index contributed by atoms with van der Waals surface area (Å²) in [7, 11) is 0. The molecule has 0 aliphatic heterocycles. The zero-order valence-electron chi connectivity index (χ0n) is 10.4. The minimum absolute atomic E-state index is 0.328. The molecule has 1 aliphatic carbocycles. The lowest BCUT2D eigenvalue weighted by molar-refractivity contribution is 0.317. The van der Waals surface area contributed by atoms with Crippen LogP contribution < -0.4 is 15.8 Å². The summed E-state index contributed by atoms with van der Waals surface area (Å²) < 4.78 is 5.67. The van der Waals surface area contributed by atoms with Gasteiger partial charge in [0.05, 0.1) is 6.61 Å². The van der Waals surface area contributed by atoms with Crippen molar-refractivity contribution in [1.29, 1.82) is 0 Å². The standard InChI is InChI=1S/C13H21N3O/c1-2-8-17-12-4-3-7-15-13(12)16-11(9-14)10-5-6-10/h3-4,7,10-11H,2,5-6,8-9,14H2,1H3,(H,15,16). The van der Waals surface area contributed by atoms with Gasteiger partial charge >= 0.3 is 0 Å². The molecule has 2 rings (SSSR count). The van der Waals surface area contributed by atoms with Crippen LogP contribution >= 0.6 is 0 Å². The Balaban J connectivity index is 2.02. The number of pyridine rings is 1. The smallest absolute Gasteiger partial charge is 0.169 e. The predicted molar refractivity (Wildman–Crippen MR) is 69.2 cm³/mol. The van der Waals surface area contributed by atoms with Gasteiger partial charge in [-0.25, -0.2) is 4.98 Å². The molecule has 4 nitrogen and oxygen atoms in total. The molecule has 3 N–H and O–H groups in total. The summed E-state index contributed by atoms with van der Waals surface area (Å²) in [5.74, 6) is 2.36. The number of hydrogen-bond acceptors (Lipinski definition) is 4. The molecule has 4 heteroatoms. The van der Waals surface area contributed by atoms with E-state index in [1.807, 2.05) is 12.1 Å². The van der Waals surface area contributed by atoms with Crippen molar-refractivity contribution in [2.75, 3.05) is 18.5 Å². The summed E-state index contributed by atoms with van der Waals surface area (Å²) in [6.07, 6.45) is 5.32. The first-order valence-electron chi connectivity index (χ1n) is 6.39. The maximum absolute atomic E-state index is 5.78. The normalized spacial score (nSPS) is 16.6. The number of rotatable bonds is 7. The summed E-state index contributed by atoms with van der Waals surface area (Å²) in [4.78, 5) is 4.34. The maximum atomic E-state index is 5.78. The van der Waals surface area contributed by atoms with Crippen LogP contribution in [-0.4, -0.2) is 24.2 Å². The molecule has 1 aliphatic rings. The second-order valence-corrected chi connectivity index (χ2v) is 4.52. The van der Waals surface area contributed by atoms with Crippen LogP contribution in [0.5, 0.6) is 5.75 Å². The van der Waals surface area contributed by atoms with Crippen molar-refractivity contribution in [3.8, 4) is 5.75 Å². The lowest BCUT2D eigenvalue weighted by Gasteiger charge is -2.18. The molecule has 1 saturated carbocycles. The number of ether oxygens (including phenoxy) is 1. The third kappa shape index (κ3) is 3.33. The highest BCUT2D eigenvalue weighted by atomic mass is 16.5. The molecule has 1 fully saturated rings. The molecular weight excluding hydrogens is 214 g/mol. The molecule has 0 aromatic carbocycles. The van der Waals surface area contributed by atoms with E-state index in [1.54, 1.807) is 6.20 Å². The number of nitrogens with zero attached hydrogens (tertiary/aromatic N) is 1. The van der Waals surface area contributed by atoms with Crippen LogP contribution in [-0.2, 0) is 0 Å². The van der Waals surface area contributed by atoms with Crippen LogP contribution in [0.25, 0.3) is 0 Å². The molecule has 1 aromatic heterocycles. The highest BCUT2D eigenvalue weighted by Crippen LogP contribution is 2.34. The van der Waals surface area contributed by atoms with E-state index in [0.717, 1.165) is 24.6 Å². The van der Waals surface area contributed by atoms with Crippen LogP contribution in [0.15, 0.2) is 18.3 Å². The summed E-state index contributed by atoms with van der Waals surface area (Å²) in [6.45, 7) is 3.46. The zero-order chi connectivity index (χ0) is 12.1. The molecule has 0 spiro atoms. The Bertz CT molecular complexity index is 352. The van der Waals surface area contributed by atoms with E-state index in [-0.39, 0.29) is 0 Å². The van der Waals surface area contributed by atoms with Crippen molar-refractivity contribution in [2.24, 2.45) is 11.7 Å². The number of nitrogens with two attached hydrogens (primary N) is 1. The third-order valence-corrected chi connectivity index (χ3v) is 3.00. The number of anilines is 1. The van der Waals surface area contributed by atoms with Gasteiger partial charge in [-0.15, -0.1) is 0 Å². The molecule has 1 aromatic rings. The number of aromatic nitrogens is 1. The number of nitrogens with one attached hydrogen (secondary N) is 1. The monoisotopic (exact) mass is 235 g/mol. The first-order chi connectivity index (χ1) is 8.35. The van der Waals surface area contributed by atoms with Gasteiger partial charge < -0.3 is 15.8 Å². The van der Waals surface area contributed by atoms with E-state index < -0.39 is 0 Å². The molecule has 17 heavy (non-hydrogen) atoms. The Kier molecular flexibility index (Phi) is 4.20. The van der Waals surface area contributed by atoms with Gasteiger partial charge in [-0.1, -0.05) is 6.92 Å². The molecule has 0 saturated heterocycles. The van der Waals surface area contributed by atoms with Crippen LogP contribution in [0.3, 0.4) is 0 Å². The molecule has 1 heterocycles. The van der Waals surface area contributed by atoms with Crippen LogP contribution in [0.2, 0.25) is 0 Å². The van der Waals surface area contributed by atoms with Gasteiger partial charge in [0, 0.05) is 18.8 Å². The van der Waals surface area contributed by atoms with E-state index in [4.69, 9.17) is 10.5 Å². The lowest BCUT2D eigenvalue weighted by Crippen LogP contribution is -2.31. The second-order valence-electron chi connectivity index (χ2n) is 4.52. The van der Waals surface area contributed by atoms with Crippen LogP contribution in [0, 0.1) is 5.92 Å². The van der Waals surface area contributed by atoms with Gasteiger partial charge in [0.15, 0.2) is 11.6 Å². The SMILES string of the molecule is CCCOc1cccnc1NC(CN)C1CC1. The van der Waals surface area contributed by atoms with Gasteiger partial charge in [0.2, 0.25) is 0 Å². The van der Waals surface area contributed by atoms with Gasteiger partial charge in [0.25, 0.3) is 0 Å². The Hall–Kier alpha value is -1.29. The van der Waals surface area contributed by atoms with Crippen molar-refractivity contribution in [3.63, 3.8) is 0 Å². The van der Waals surface area contributed by atoms with E-state index in [2.05, 4.69) is 17.2 Å². The molecule has 0 radical (unpaired) electrons. The Morgan fingerprint density at radius 1 is 1.59 bits per heavy atom.